The van der Waals surface area contributed by atoms with Gasteiger partial charge < -0.3 is 5.43 Å². The maximum Gasteiger partial charge on any atom is 0.123 e. The topological polar surface area (TPSA) is 24.1 Å². The first kappa shape index (κ1) is 14.2. The normalized spacial score (nSPS) is 16.9. The van der Waals surface area contributed by atoms with Crippen LogP contribution in [-0.4, -0.2) is 0 Å². The molecule has 1 aliphatic heterocycles. The Kier molecular flexibility index (Phi) is 3.69. The summed E-state index contributed by atoms with van der Waals surface area (Å²) in [6.07, 6.45) is 2.19. The van der Waals surface area contributed by atoms with Crippen LogP contribution in [0.4, 0.5) is 4.39 Å². The van der Waals surface area contributed by atoms with E-state index in [1.54, 1.807) is 23.5 Å². The third-order valence-electron chi connectivity index (χ3n) is 3.92. The van der Waals surface area contributed by atoms with Crippen LogP contribution in [0.1, 0.15) is 16.5 Å². The van der Waals surface area contributed by atoms with Gasteiger partial charge in [0.2, 0.25) is 0 Å². The Balaban J connectivity index is 1.57. The van der Waals surface area contributed by atoms with Crippen molar-refractivity contribution in [2.75, 3.05) is 0 Å². The molecule has 0 amide bonds. The molecular weight excluding hydrogens is 307 g/mol. The van der Waals surface area contributed by atoms with Crippen LogP contribution in [0.25, 0.3) is 16.8 Å². The van der Waals surface area contributed by atoms with Crippen molar-refractivity contribution in [3.63, 3.8) is 0 Å². The van der Waals surface area contributed by atoms with Crippen LogP contribution in [0.5, 0.6) is 0 Å². The van der Waals surface area contributed by atoms with Gasteiger partial charge in [0.1, 0.15) is 5.82 Å². The van der Waals surface area contributed by atoms with Crippen LogP contribution in [-0.2, 0) is 0 Å². The maximum absolute atomic E-state index is 13.0. The SMILES string of the molecule is Fc1ccc(-c2ccc(C3=CC(c4cccs4)NN3)cc2)cc1. The standard InChI is InChI=1S/C19H15FN2S/c20-16-9-7-14(8-10-16)13-3-5-15(6-4-13)17-12-18(22-21-17)19-2-1-11-23-19/h1-12,18,21-22H. The summed E-state index contributed by atoms with van der Waals surface area (Å²) in [6.45, 7) is 0. The lowest BCUT2D eigenvalue weighted by Crippen LogP contribution is -2.25. The molecule has 1 aromatic heterocycles. The molecule has 2 nitrogen and oxygen atoms in total. The van der Waals surface area contributed by atoms with Crippen LogP contribution in [0, 0.1) is 5.82 Å². The van der Waals surface area contributed by atoms with E-state index in [9.17, 15) is 4.39 Å². The van der Waals surface area contributed by atoms with E-state index in [2.05, 4.69) is 58.7 Å². The maximum atomic E-state index is 13.0. The molecule has 0 radical (unpaired) electrons. The molecule has 0 aliphatic carbocycles. The zero-order chi connectivity index (χ0) is 15.6. The number of rotatable bonds is 3. The van der Waals surface area contributed by atoms with Gasteiger partial charge in [-0.05, 0) is 46.3 Å². The highest BCUT2D eigenvalue weighted by atomic mass is 32.1. The van der Waals surface area contributed by atoms with E-state index in [4.69, 9.17) is 0 Å². The fraction of sp³-hybridized carbons (Fsp3) is 0.0526. The number of hydrogen-bond acceptors (Lipinski definition) is 3. The van der Waals surface area contributed by atoms with Crippen molar-refractivity contribution >= 4 is 17.0 Å². The third-order valence-corrected chi connectivity index (χ3v) is 4.87. The van der Waals surface area contributed by atoms with Crippen molar-refractivity contribution in [2.24, 2.45) is 0 Å². The molecular formula is C19H15FN2S. The average molecular weight is 322 g/mol. The van der Waals surface area contributed by atoms with Gasteiger partial charge in [-0.1, -0.05) is 42.5 Å². The molecule has 1 unspecified atom stereocenters. The molecule has 1 aliphatic rings. The lowest BCUT2D eigenvalue weighted by atomic mass is 10.0. The summed E-state index contributed by atoms with van der Waals surface area (Å²) in [5.41, 5.74) is 10.8. The van der Waals surface area contributed by atoms with E-state index < -0.39 is 0 Å². The second-order valence-corrected chi connectivity index (χ2v) is 6.41. The Hall–Kier alpha value is -2.43. The molecule has 0 bridgehead atoms. The van der Waals surface area contributed by atoms with E-state index in [0.717, 1.165) is 22.4 Å². The smallest absolute Gasteiger partial charge is 0.123 e. The monoisotopic (exact) mass is 322 g/mol. The minimum atomic E-state index is -0.212. The number of thiophene rings is 1. The Labute approximate surface area is 138 Å². The average Bonchev–Trinajstić information content (AvgIpc) is 3.27. The first-order valence-electron chi connectivity index (χ1n) is 7.43. The number of hydrazine groups is 1. The molecule has 114 valence electrons. The second-order valence-electron chi connectivity index (χ2n) is 5.43. The van der Waals surface area contributed by atoms with Crippen LogP contribution in [0.2, 0.25) is 0 Å². The molecule has 2 heterocycles. The Morgan fingerprint density at radius 3 is 2.13 bits per heavy atom. The highest BCUT2D eigenvalue weighted by molar-refractivity contribution is 7.10. The fourth-order valence-electron chi connectivity index (χ4n) is 2.68. The van der Waals surface area contributed by atoms with E-state index >= 15 is 0 Å². The second kappa shape index (κ2) is 5.99. The lowest BCUT2D eigenvalue weighted by Gasteiger charge is -2.07. The number of benzene rings is 2. The number of nitrogens with one attached hydrogen (secondary N) is 2. The van der Waals surface area contributed by atoms with Crippen molar-refractivity contribution in [3.8, 4) is 11.1 Å². The van der Waals surface area contributed by atoms with Crippen LogP contribution in [0.15, 0.2) is 72.1 Å². The summed E-state index contributed by atoms with van der Waals surface area (Å²) < 4.78 is 13.0. The lowest BCUT2D eigenvalue weighted by molar-refractivity contribution is 0.623. The van der Waals surface area contributed by atoms with Crippen LogP contribution in [0.3, 0.4) is 0 Å². The van der Waals surface area contributed by atoms with Crippen molar-refractivity contribution in [2.45, 2.75) is 6.04 Å². The molecule has 2 N–H and O–H groups in total. The quantitative estimate of drug-likeness (QED) is 0.727. The zero-order valence-electron chi connectivity index (χ0n) is 12.3. The van der Waals surface area contributed by atoms with Gasteiger partial charge in [-0.3, -0.25) is 0 Å². The molecule has 3 aromatic rings. The summed E-state index contributed by atoms with van der Waals surface area (Å²) in [4.78, 5) is 1.29. The number of hydrogen-bond donors (Lipinski definition) is 2. The molecule has 0 fully saturated rings. The third kappa shape index (κ3) is 2.91. The van der Waals surface area contributed by atoms with Gasteiger partial charge in [0.25, 0.3) is 0 Å². The summed E-state index contributed by atoms with van der Waals surface area (Å²) in [6, 6.07) is 19.2. The zero-order valence-corrected chi connectivity index (χ0v) is 13.1. The molecule has 0 saturated heterocycles. The summed E-state index contributed by atoms with van der Waals surface area (Å²) in [7, 11) is 0. The molecule has 23 heavy (non-hydrogen) atoms. The van der Waals surface area contributed by atoms with E-state index in [0.29, 0.717) is 0 Å². The van der Waals surface area contributed by atoms with Gasteiger partial charge in [-0.25, -0.2) is 9.82 Å². The Morgan fingerprint density at radius 1 is 0.826 bits per heavy atom. The van der Waals surface area contributed by atoms with E-state index in [-0.39, 0.29) is 11.9 Å². The number of halogens is 1. The van der Waals surface area contributed by atoms with Gasteiger partial charge in [0, 0.05) is 4.88 Å². The van der Waals surface area contributed by atoms with Gasteiger partial charge >= 0.3 is 0 Å². The van der Waals surface area contributed by atoms with Crippen LogP contribution < -0.4 is 10.9 Å². The Morgan fingerprint density at radius 2 is 1.48 bits per heavy atom. The minimum Gasteiger partial charge on any atom is -0.320 e. The summed E-state index contributed by atoms with van der Waals surface area (Å²) >= 11 is 1.74. The van der Waals surface area contributed by atoms with Crippen molar-refractivity contribution < 1.29 is 4.39 Å². The van der Waals surface area contributed by atoms with Crippen LogP contribution >= 0.6 is 11.3 Å². The molecule has 4 heteroatoms. The molecule has 2 aromatic carbocycles. The first-order chi connectivity index (χ1) is 11.3. The van der Waals surface area contributed by atoms with Gasteiger partial charge in [-0.15, -0.1) is 11.3 Å². The predicted octanol–water partition coefficient (Wildman–Crippen LogP) is 4.74. The van der Waals surface area contributed by atoms with Gasteiger partial charge in [0.05, 0.1) is 11.7 Å². The van der Waals surface area contributed by atoms with Crippen molar-refractivity contribution in [1.82, 2.24) is 10.9 Å². The highest BCUT2D eigenvalue weighted by Gasteiger charge is 2.17. The molecule has 0 spiro atoms. The summed E-state index contributed by atoms with van der Waals surface area (Å²) in [5.74, 6) is -0.212. The molecule has 0 saturated carbocycles. The summed E-state index contributed by atoms with van der Waals surface area (Å²) in [5, 5.41) is 2.08. The molecule has 1 atom stereocenters. The van der Waals surface area contributed by atoms with Gasteiger partial charge in [0.15, 0.2) is 0 Å². The predicted molar refractivity (Wildman–Crippen MR) is 93.1 cm³/mol. The fourth-order valence-corrected chi connectivity index (χ4v) is 3.42. The minimum absolute atomic E-state index is 0.210. The largest absolute Gasteiger partial charge is 0.320 e. The van der Waals surface area contributed by atoms with E-state index in [1.807, 2.05) is 0 Å². The van der Waals surface area contributed by atoms with Crippen molar-refractivity contribution in [1.29, 1.82) is 0 Å². The molecule has 4 rings (SSSR count). The van der Waals surface area contributed by atoms with Crippen molar-refractivity contribution in [3.05, 3.63) is 88.4 Å². The van der Waals surface area contributed by atoms with E-state index in [1.165, 1.54) is 17.0 Å². The van der Waals surface area contributed by atoms with Gasteiger partial charge in [-0.2, -0.15) is 0 Å². The Bertz CT molecular complexity index is 821. The first-order valence-corrected chi connectivity index (χ1v) is 8.31. The highest BCUT2D eigenvalue weighted by Crippen LogP contribution is 2.28.